The Morgan fingerprint density at radius 3 is 2.45 bits per heavy atom. The summed E-state index contributed by atoms with van der Waals surface area (Å²) in [7, 11) is 3.26. The number of fused-ring (bicyclic) bond motifs is 3. The van der Waals surface area contributed by atoms with Crippen LogP contribution >= 0.6 is 0 Å². The van der Waals surface area contributed by atoms with Crippen LogP contribution in [0.1, 0.15) is 25.7 Å². The summed E-state index contributed by atoms with van der Waals surface area (Å²) in [5, 5.41) is 3.58. The predicted molar refractivity (Wildman–Crippen MR) is 85.5 cm³/mol. The fourth-order valence-electron chi connectivity index (χ4n) is 4.02. The Kier molecular flexibility index (Phi) is 3.28. The Morgan fingerprint density at radius 1 is 1.05 bits per heavy atom. The first-order valence-corrected chi connectivity index (χ1v) is 7.92. The summed E-state index contributed by atoms with van der Waals surface area (Å²) in [6.07, 6.45) is 7.23. The number of hydrogen-bond acceptors (Lipinski definition) is 5. The minimum absolute atomic E-state index is 0.561. The highest BCUT2D eigenvalue weighted by atomic mass is 16.5. The van der Waals surface area contributed by atoms with Gasteiger partial charge in [-0.2, -0.15) is 0 Å². The first kappa shape index (κ1) is 13.6. The molecule has 0 radical (unpaired) electrons. The zero-order chi connectivity index (χ0) is 15.1. The normalized spacial score (nSPS) is 26.4. The lowest BCUT2D eigenvalue weighted by atomic mass is 9.95. The molecule has 0 amide bonds. The van der Waals surface area contributed by atoms with E-state index in [1.165, 1.54) is 25.7 Å². The van der Waals surface area contributed by atoms with Crippen LogP contribution in [0.4, 0.5) is 5.82 Å². The summed E-state index contributed by atoms with van der Waals surface area (Å²) in [4.78, 5) is 9.21. The van der Waals surface area contributed by atoms with E-state index < -0.39 is 0 Å². The van der Waals surface area contributed by atoms with Crippen molar-refractivity contribution in [1.82, 2.24) is 9.97 Å². The van der Waals surface area contributed by atoms with E-state index in [2.05, 4.69) is 10.3 Å². The van der Waals surface area contributed by atoms with E-state index in [1.807, 2.05) is 18.3 Å². The molecule has 2 aliphatic carbocycles. The van der Waals surface area contributed by atoms with Crippen molar-refractivity contribution in [2.45, 2.75) is 31.7 Å². The lowest BCUT2D eigenvalue weighted by molar-refractivity contribution is 0.355. The first-order chi connectivity index (χ1) is 10.8. The summed E-state index contributed by atoms with van der Waals surface area (Å²) in [5.41, 5.74) is 1.64. The van der Waals surface area contributed by atoms with E-state index in [0.717, 1.165) is 28.7 Å². The average Bonchev–Trinajstić information content (AvgIpc) is 3.16. The van der Waals surface area contributed by atoms with Crippen LogP contribution in [0.5, 0.6) is 11.5 Å². The molecule has 2 aliphatic rings. The van der Waals surface area contributed by atoms with Gasteiger partial charge in [0.25, 0.3) is 0 Å². The number of nitrogens with zero attached hydrogens (tertiary/aromatic N) is 2. The monoisotopic (exact) mass is 299 g/mol. The molecule has 2 bridgehead atoms. The molecule has 22 heavy (non-hydrogen) atoms. The lowest BCUT2D eigenvalue weighted by Crippen LogP contribution is -2.26. The number of ether oxygens (including phenoxy) is 2. The number of hydrogen-bond donors (Lipinski definition) is 1. The third kappa shape index (κ3) is 2.25. The molecule has 0 unspecified atom stereocenters. The van der Waals surface area contributed by atoms with Crippen molar-refractivity contribution in [3.05, 3.63) is 18.3 Å². The van der Waals surface area contributed by atoms with Gasteiger partial charge in [0.15, 0.2) is 11.5 Å². The molecule has 4 rings (SSSR count). The van der Waals surface area contributed by atoms with Crippen molar-refractivity contribution in [2.75, 3.05) is 19.5 Å². The van der Waals surface area contributed by atoms with Crippen molar-refractivity contribution < 1.29 is 9.47 Å². The molecule has 0 spiro atoms. The molecule has 2 saturated carbocycles. The molecule has 0 aliphatic heterocycles. The number of aromatic nitrogens is 2. The standard InChI is InChI=1S/C17H21N3O2/c1-21-15-7-13-14(8-16(15)22-2)20-17(9-18-13)19-12-6-10-3-4-11(12)5-10/h7-12H,3-6H2,1-2H3,(H,19,20)/t10-,11+,12-/m1/s1. The van der Waals surface area contributed by atoms with E-state index in [1.54, 1.807) is 14.2 Å². The Morgan fingerprint density at radius 2 is 1.82 bits per heavy atom. The number of nitrogens with one attached hydrogen (secondary N) is 1. The topological polar surface area (TPSA) is 56.3 Å². The van der Waals surface area contributed by atoms with Gasteiger partial charge >= 0.3 is 0 Å². The van der Waals surface area contributed by atoms with Crippen molar-refractivity contribution in [2.24, 2.45) is 11.8 Å². The molecule has 1 aromatic carbocycles. The quantitative estimate of drug-likeness (QED) is 0.939. The van der Waals surface area contributed by atoms with Crippen LogP contribution < -0.4 is 14.8 Å². The van der Waals surface area contributed by atoms with Crippen LogP contribution in [-0.2, 0) is 0 Å². The van der Waals surface area contributed by atoms with E-state index in [-0.39, 0.29) is 0 Å². The van der Waals surface area contributed by atoms with Gasteiger partial charge in [-0.05, 0) is 31.1 Å². The summed E-state index contributed by atoms with van der Waals surface area (Å²) >= 11 is 0. The van der Waals surface area contributed by atoms with Gasteiger partial charge in [0, 0.05) is 18.2 Å². The Labute approximate surface area is 130 Å². The van der Waals surface area contributed by atoms with E-state index >= 15 is 0 Å². The zero-order valence-electron chi connectivity index (χ0n) is 13.0. The number of rotatable bonds is 4. The maximum Gasteiger partial charge on any atom is 0.163 e. The number of benzene rings is 1. The molecule has 0 saturated heterocycles. The minimum Gasteiger partial charge on any atom is -0.493 e. The summed E-state index contributed by atoms with van der Waals surface area (Å²) in [6.45, 7) is 0. The fourth-order valence-corrected chi connectivity index (χ4v) is 4.02. The molecule has 1 N–H and O–H groups in total. The SMILES string of the molecule is COc1cc2ncc(N[C@@H]3C[C@@H]4CC[C@H]3C4)nc2cc1OC. The maximum atomic E-state index is 5.34. The number of methoxy groups -OCH3 is 2. The Bertz CT molecular complexity index is 704. The van der Waals surface area contributed by atoms with Gasteiger partial charge in [0.05, 0.1) is 31.4 Å². The van der Waals surface area contributed by atoms with Crippen molar-refractivity contribution in [3.63, 3.8) is 0 Å². The van der Waals surface area contributed by atoms with Gasteiger partial charge in [0.1, 0.15) is 5.82 Å². The van der Waals surface area contributed by atoms with Crippen LogP contribution in [0.15, 0.2) is 18.3 Å². The highest BCUT2D eigenvalue weighted by Crippen LogP contribution is 2.45. The lowest BCUT2D eigenvalue weighted by Gasteiger charge is -2.23. The van der Waals surface area contributed by atoms with Gasteiger partial charge in [-0.3, -0.25) is 4.98 Å². The Balaban J connectivity index is 1.62. The molecular weight excluding hydrogens is 278 g/mol. The second-order valence-corrected chi connectivity index (χ2v) is 6.38. The van der Waals surface area contributed by atoms with Crippen molar-refractivity contribution >= 4 is 16.9 Å². The molecule has 3 atom stereocenters. The smallest absolute Gasteiger partial charge is 0.163 e. The van der Waals surface area contributed by atoms with Crippen LogP contribution in [0, 0.1) is 11.8 Å². The largest absolute Gasteiger partial charge is 0.493 e. The molecule has 116 valence electrons. The highest BCUT2D eigenvalue weighted by molar-refractivity contribution is 5.80. The minimum atomic E-state index is 0.561. The van der Waals surface area contributed by atoms with Crippen LogP contribution in [0.25, 0.3) is 11.0 Å². The molecule has 5 heteroatoms. The van der Waals surface area contributed by atoms with Crippen molar-refractivity contribution in [1.29, 1.82) is 0 Å². The third-order valence-corrected chi connectivity index (χ3v) is 5.12. The van der Waals surface area contributed by atoms with Gasteiger partial charge < -0.3 is 14.8 Å². The summed E-state index contributed by atoms with van der Waals surface area (Å²) < 4.78 is 10.7. The van der Waals surface area contributed by atoms with Crippen molar-refractivity contribution in [3.8, 4) is 11.5 Å². The van der Waals surface area contributed by atoms with Crippen LogP contribution in [0.3, 0.4) is 0 Å². The third-order valence-electron chi connectivity index (χ3n) is 5.12. The summed E-state index contributed by atoms with van der Waals surface area (Å²) in [5.74, 6) is 3.95. The predicted octanol–water partition coefficient (Wildman–Crippen LogP) is 3.25. The summed E-state index contributed by atoms with van der Waals surface area (Å²) in [6, 6.07) is 4.31. The van der Waals surface area contributed by atoms with Crippen LogP contribution in [0.2, 0.25) is 0 Å². The second-order valence-electron chi connectivity index (χ2n) is 6.38. The van der Waals surface area contributed by atoms with E-state index in [4.69, 9.17) is 14.5 Å². The Hall–Kier alpha value is -2.04. The van der Waals surface area contributed by atoms with Gasteiger partial charge in [-0.1, -0.05) is 6.42 Å². The maximum absolute atomic E-state index is 5.34. The van der Waals surface area contributed by atoms with E-state index in [9.17, 15) is 0 Å². The second kappa shape index (κ2) is 5.30. The molecule has 5 nitrogen and oxygen atoms in total. The first-order valence-electron chi connectivity index (χ1n) is 7.92. The average molecular weight is 299 g/mol. The van der Waals surface area contributed by atoms with Gasteiger partial charge in [-0.25, -0.2) is 4.98 Å². The molecule has 2 aromatic rings. The van der Waals surface area contributed by atoms with E-state index in [0.29, 0.717) is 17.5 Å². The van der Waals surface area contributed by atoms with Gasteiger partial charge in [-0.15, -0.1) is 0 Å². The van der Waals surface area contributed by atoms with Crippen LogP contribution in [-0.4, -0.2) is 30.2 Å². The molecular formula is C17H21N3O2. The highest BCUT2D eigenvalue weighted by Gasteiger charge is 2.39. The zero-order valence-corrected chi connectivity index (χ0v) is 13.0. The molecule has 1 aromatic heterocycles. The molecule has 2 fully saturated rings. The fraction of sp³-hybridized carbons (Fsp3) is 0.529. The van der Waals surface area contributed by atoms with Gasteiger partial charge in [0.2, 0.25) is 0 Å². The molecule has 1 heterocycles. The number of anilines is 1.